The van der Waals surface area contributed by atoms with E-state index in [2.05, 4.69) is 33.9 Å². The van der Waals surface area contributed by atoms with Crippen LogP contribution in [0.15, 0.2) is 0 Å². The van der Waals surface area contributed by atoms with Crippen LogP contribution in [0.2, 0.25) is 0 Å². The summed E-state index contributed by atoms with van der Waals surface area (Å²) in [6.07, 6.45) is 1.31. The first-order chi connectivity index (χ1) is 9.24. The normalized spacial score (nSPS) is 24.8. The Morgan fingerprint density at radius 1 is 0.789 bits per heavy atom. The van der Waals surface area contributed by atoms with E-state index in [0.717, 1.165) is 5.92 Å². The van der Waals surface area contributed by atoms with E-state index in [1.807, 2.05) is 0 Å². The Labute approximate surface area is 119 Å². The molecule has 2 saturated heterocycles. The molecule has 0 bridgehead atoms. The zero-order valence-corrected chi connectivity index (χ0v) is 12.9. The molecule has 0 radical (unpaired) electrons. The minimum Gasteiger partial charge on any atom is -0.315 e. The maximum Gasteiger partial charge on any atom is 0.0110 e. The van der Waals surface area contributed by atoms with Crippen LogP contribution < -0.4 is 5.32 Å². The molecule has 0 aromatic carbocycles. The van der Waals surface area contributed by atoms with E-state index >= 15 is 0 Å². The molecular weight excluding hydrogens is 236 g/mol. The lowest BCUT2D eigenvalue weighted by Gasteiger charge is -2.36. The van der Waals surface area contributed by atoms with E-state index in [-0.39, 0.29) is 0 Å². The second kappa shape index (κ2) is 8.20. The van der Waals surface area contributed by atoms with Crippen molar-refractivity contribution in [2.75, 3.05) is 72.0 Å². The summed E-state index contributed by atoms with van der Waals surface area (Å²) in [7, 11) is 0. The third-order valence-electron chi connectivity index (χ3n) is 4.25. The highest BCUT2D eigenvalue weighted by molar-refractivity contribution is 4.74. The van der Waals surface area contributed by atoms with Gasteiger partial charge in [-0.2, -0.15) is 0 Å². The first-order valence-corrected chi connectivity index (χ1v) is 8.12. The number of piperazine rings is 1. The molecule has 0 saturated carbocycles. The van der Waals surface area contributed by atoms with Crippen molar-refractivity contribution in [1.29, 1.82) is 0 Å². The Morgan fingerprint density at radius 2 is 1.42 bits per heavy atom. The molecule has 0 aromatic rings. The predicted octanol–water partition coefficient (Wildman–Crippen LogP) is 0.555. The fraction of sp³-hybridized carbons (Fsp3) is 1.00. The first kappa shape index (κ1) is 15.2. The molecular formula is C15H32N4. The quantitative estimate of drug-likeness (QED) is 0.786. The van der Waals surface area contributed by atoms with Gasteiger partial charge in [0.05, 0.1) is 0 Å². The number of nitrogens with zero attached hydrogens (tertiary/aromatic N) is 3. The van der Waals surface area contributed by atoms with Crippen molar-refractivity contribution in [1.82, 2.24) is 20.0 Å². The molecule has 2 aliphatic rings. The minimum absolute atomic E-state index is 0.802. The summed E-state index contributed by atoms with van der Waals surface area (Å²) in [6.45, 7) is 18.4. The maximum absolute atomic E-state index is 3.48. The zero-order valence-electron chi connectivity index (χ0n) is 12.9. The lowest BCUT2D eigenvalue weighted by molar-refractivity contribution is 0.111. The topological polar surface area (TPSA) is 21.8 Å². The third-order valence-corrected chi connectivity index (χ3v) is 4.25. The number of hydrogen-bond acceptors (Lipinski definition) is 4. The average molecular weight is 268 g/mol. The lowest BCUT2D eigenvalue weighted by Crippen LogP contribution is -2.49. The summed E-state index contributed by atoms with van der Waals surface area (Å²) in [6, 6.07) is 0. The Hall–Kier alpha value is -0.160. The van der Waals surface area contributed by atoms with Gasteiger partial charge in [-0.25, -0.2) is 0 Å². The fourth-order valence-corrected chi connectivity index (χ4v) is 3.12. The molecule has 112 valence electrons. The number of hydrogen-bond donors (Lipinski definition) is 1. The molecule has 0 aliphatic carbocycles. The van der Waals surface area contributed by atoms with Gasteiger partial charge in [0.1, 0.15) is 0 Å². The van der Waals surface area contributed by atoms with Gasteiger partial charge in [0.2, 0.25) is 0 Å². The van der Waals surface area contributed by atoms with Gasteiger partial charge in [-0.3, -0.25) is 4.90 Å². The SMILES string of the molecule is CC(C)CN1CCN(CCN2CCCNCC2)CC1. The first-order valence-electron chi connectivity index (χ1n) is 8.12. The fourth-order valence-electron chi connectivity index (χ4n) is 3.12. The van der Waals surface area contributed by atoms with Crippen molar-refractivity contribution in [2.45, 2.75) is 20.3 Å². The smallest absolute Gasteiger partial charge is 0.0110 e. The van der Waals surface area contributed by atoms with Crippen LogP contribution in [-0.2, 0) is 0 Å². The Kier molecular flexibility index (Phi) is 6.57. The number of rotatable bonds is 5. The van der Waals surface area contributed by atoms with E-state index in [1.54, 1.807) is 0 Å². The van der Waals surface area contributed by atoms with Gasteiger partial charge >= 0.3 is 0 Å². The molecule has 0 aromatic heterocycles. The standard InChI is InChI=1S/C15H32N4/c1-15(2)14-19-12-10-18(11-13-19)9-8-17-6-3-4-16-5-7-17/h15-16H,3-14H2,1-2H3. The zero-order chi connectivity index (χ0) is 13.5. The summed E-state index contributed by atoms with van der Waals surface area (Å²) < 4.78 is 0. The largest absolute Gasteiger partial charge is 0.315 e. The van der Waals surface area contributed by atoms with Gasteiger partial charge in [0.15, 0.2) is 0 Å². The van der Waals surface area contributed by atoms with Gasteiger partial charge in [0.25, 0.3) is 0 Å². The van der Waals surface area contributed by atoms with Crippen LogP contribution in [0.3, 0.4) is 0 Å². The maximum atomic E-state index is 3.48. The molecule has 2 rings (SSSR count). The number of nitrogens with one attached hydrogen (secondary N) is 1. The highest BCUT2D eigenvalue weighted by Gasteiger charge is 2.18. The predicted molar refractivity (Wildman–Crippen MR) is 81.6 cm³/mol. The van der Waals surface area contributed by atoms with Gasteiger partial charge in [-0.05, 0) is 25.4 Å². The van der Waals surface area contributed by atoms with Crippen molar-refractivity contribution in [2.24, 2.45) is 5.92 Å². The van der Waals surface area contributed by atoms with Gasteiger partial charge in [0, 0.05) is 58.9 Å². The van der Waals surface area contributed by atoms with Gasteiger partial charge in [-0.15, -0.1) is 0 Å². The van der Waals surface area contributed by atoms with Crippen LogP contribution in [0.4, 0.5) is 0 Å². The van der Waals surface area contributed by atoms with Gasteiger partial charge < -0.3 is 15.1 Å². The van der Waals surface area contributed by atoms with Crippen LogP contribution in [0, 0.1) is 5.92 Å². The van der Waals surface area contributed by atoms with Crippen LogP contribution in [0.5, 0.6) is 0 Å². The van der Waals surface area contributed by atoms with E-state index in [4.69, 9.17) is 0 Å². The van der Waals surface area contributed by atoms with Crippen LogP contribution >= 0.6 is 0 Å². The minimum atomic E-state index is 0.802. The molecule has 1 N–H and O–H groups in total. The Morgan fingerprint density at radius 3 is 2.11 bits per heavy atom. The molecule has 0 unspecified atom stereocenters. The van der Waals surface area contributed by atoms with Crippen LogP contribution in [0.25, 0.3) is 0 Å². The monoisotopic (exact) mass is 268 g/mol. The summed E-state index contributed by atoms with van der Waals surface area (Å²) in [5.41, 5.74) is 0. The van der Waals surface area contributed by atoms with E-state index in [9.17, 15) is 0 Å². The average Bonchev–Trinajstić information content (AvgIpc) is 2.66. The van der Waals surface area contributed by atoms with Crippen molar-refractivity contribution in [3.63, 3.8) is 0 Å². The highest BCUT2D eigenvalue weighted by atomic mass is 15.3. The molecule has 2 heterocycles. The second-order valence-corrected chi connectivity index (χ2v) is 6.48. The molecule has 2 fully saturated rings. The summed E-state index contributed by atoms with van der Waals surface area (Å²) in [4.78, 5) is 7.90. The molecule has 4 heteroatoms. The van der Waals surface area contributed by atoms with E-state index in [0.29, 0.717) is 0 Å². The molecule has 0 amide bonds. The Balaban J connectivity index is 1.59. The molecule has 19 heavy (non-hydrogen) atoms. The Bertz CT molecular complexity index is 228. The van der Waals surface area contributed by atoms with Crippen molar-refractivity contribution in [3.8, 4) is 0 Å². The second-order valence-electron chi connectivity index (χ2n) is 6.48. The molecule has 4 nitrogen and oxygen atoms in total. The summed E-state index contributed by atoms with van der Waals surface area (Å²) in [5.74, 6) is 0.802. The van der Waals surface area contributed by atoms with Crippen molar-refractivity contribution < 1.29 is 0 Å². The molecule has 0 atom stereocenters. The summed E-state index contributed by atoms with van der Waals surface area (Å²) >= 11 is 0. The van der Waals surface area contributed by atoms with E-state index in [1.165, 1.54) is 78.4 Å². The van der Waals surface area contributed by atoms with Crippen molar-refractivity contribution >= 4 is 0 Å². The highest BCUT2D eigenvalue weighted by Crippen LogP contribution is 2.05. The molecule has 2 aliphatic heterocycles. The van der Waals surface area contributed by atoms with E-state index < -0.39 is 0 Å². The van der Waals surface area contributed by atoms with Crippen LogP contribution in [0.1, 0.15) is 20.3 Å². The lowest BCUT2D eigenvalue weighted by atomic mass is 10.2. The van der Waals surface area contributed by atoms with Crippen LogP contribution in [-0.4, -0.2) is 86.7 Å². The summed E-state index contributed by atoms with van der Waals surface area (Å²) in [5, 5.41) is 3.48. The molecule has 0 spiro atoms. The van der Waals surface area contributed by atoms with Crippen molar-refractivity contribution in [3.05, 3.63) is 0 Å². The van der Waals surface area contributed by atoms with Gasteiger partial charge in [-0.1, -0.05) is 13.8 Å². The third kappa shape index (κ3) is 5.78.